The minimum Gasteiger partial charge on any atom is -0.507 e. The van der Waals surface area contributed by atoms with Crippen molar-refractivity contribution in [2.24, 2.45) is 0 Å². The Bertz CT molecular complexity index is 601. The molecule has 0 aliphatic rings. The first-order chi connectivity index (χ1) is 9.58. The Morgan fingerprint density at radius 1 is 1.20 bits per heavy atom. The van der Waals surface area contributed by atoms with Crippen molar-refractivity contribution in [3.05, 3.63) is 63.2 Å². The van der Waals surface area contributed by atoms with E-state index in [0.717, 1.165) is 5.56 Å². The highest BCUT2D eigenvalue weighted by molar-refractivity contribution is 14.1. The van der Waals surface area contributed by atoms with Crippen molar-refractivity contribution < 1.29 is 15.0 Å². The lowest BCUT2D eigenvalue weighted by Crippen LogP contribution is -2.28. The normalized spacial score (nSPS) is 11.9. The molecule has 3 N–H and O–H groups in total. The SMILES string of the molecule is O=C(NCC(O)c1ccccc1)c1ccc(I)c(O)c1. The molecule has 0 aliphatic heterocycles. The van der Waals surface area contributed by atoms with Gasteiger partial charge in [0.1, 0.15) is 5.75 Å². The van der Waals surface area contributed by atoms with Crippen LogP contribution >= 0.6 is 22.6 Å². The maximum Gasteiger partial charge on any atom is 0.251 e. The zero-order chi connectivity index (χ0) is 14.5. The van der Waals surface area contributed by atoms with Crippen molar-refractivity contribution in [3.8, 4) is 5.75 Å². The number of phenols is 1. The maximum absolute atomic E-state index is 11.9. The van der Waals surface area contributed by atoms with E-state index in [2.05, 4.69) is 5.32 Å². The number of carbonyl (C=O) groups excluding carboxylic acids is 1. The Morgan fingerprint density at radius 2 is 1.90 bits per heavy atom. The van der Waals surface area contributed by atoms with Gasteiger partial charge in [-0.1, -0.05) is 30.3 Å². The molecule has 2 rings (SSSR count). The molecule has 0 heterocycles. The molecule has 20 heavy (non-hydrogen) atoms. The summed E-state index contributed by atoms with van der Waals surface area (Å²) in [4.78, 5) is 11.9. The minimum atomic E-state index is -0.752. The summed E-state index contributed by atoms with van der Waals surface area (Å²) in [5.41, 5.74) is 1.11. The first-order valence-corrected chi connectivity index (χ1v) is 7.15. The number of phenolic OH excluding ortho intramolecular Hbond substituents is 1. The third kappa shape index (κ3) is 3.71. The van der Waals surface area contributed by atoms with Gasteiger partial charge in [-0.05, 0) is 46.4 Å². The van der Waals surface area contributed by atoms with Crippen LogP contribution in [-0.2, 0) is 0 Å². The molecule has 2 aromatic rings. The zero-order valence-corrected chi connectivity index (χ0v) is 12.7. The van der Waals surface area contributed by atoms with Crippen LogP contribution in [0.3, 0.4) is 0 Å². The number of aromatic hydroxyl groups is 1. The molecule has 0 spiro atoms. The highest BCUT2D eigenvalue weighted by atomic mass is 127. The van der Waals surface area contributed by atoms with Crippen LogP contribution in [0.25, 0.3) is 0 Å². The van der Waals surface area contributed by atoms with Crippen LogP contribution in [0.4, 0.5) is 0 Å². The first kappa shape index (κ1) is 14.8. The first-order valence-electron chi connectivity index (χ1n) is 6.07. The van der Waals surface area contributed by atoms with E-state index in [4.69, 9.17) is 0 Å². The lowest BCUT2D eigenvalue weighted by Gasteiger charge is -2.12. The zero-order valence-electron chi connectivity index (χ0n) is 10.6. The molecule has 1 amide bonds. The van der Waals surface area contributed by atoms with Crippen LogP contribution in [0, 0.1) is 3.57 Å². The molecular weight excluding hydrogens is 369 g/mol. The Labute approximate surface area is 130 Å². The lowest BCUT2D eigenvalue weighted by atomic mass is 10.1. The average molecular weight is 383 g/mol. The number of amides is 1. The van der Waals surface area contributed by atoms with Crippen LogP contribution < -0.4 is 5.32 Å². The third-order valence-electron chi connectivity index (χ3n) is 2.85. The third-order valence-corrected chi connectivity index (χ3v) is 3.76. The van der Waals surface area contributed by atoms with Crippen molar-refractivity contribution in [3.63, 3.8) is 0 Å². The van der Waals surface area contributed by atoms with Crippen molar-refractivity contribution in [2.45, 2.75) is 6.10 Å². The molecule has 0 fully saturated rings. The Kier molecular flexibility index (Phi) is 4.97. The fraction of sp³-hybridized carbons (Fsp3) is 0.133. The smallest absolute Gasteiger partial charge is 0.251 e. The number of aliphatic hydroxyl groups excluding tert-OH is 1. The molecular formula is C15H14INO3. The van der Waals surface area contributed by atoms with Crippen LogP contribution in [0.1, 0.15) is 22.0 Å². The summed E-state index contributed by atoms with van der Waals surface area (Å²) in [5, 5.41) is 22.2. The van der Waals surface area contributed by atoms with E-state index >= 15 is 0 Å². The summed E-state index contributed by atoms with van der Waals surface area (Å²) >= 11 is 1.98. The molecule has 0 bridgehead atoms. The standard InChI is InChI=1S/C15H14INO3/c16-12-7-6-11(8-13(12)18)15(20)17-9-14(19)10-4-2-1-3-5-10/h1-8,14,18-19H,9H2,(H,17,20). The predicted molar refractivity (Wildman–Crippen MR) is 84.6 cm³/mol. The van der Waals surface area contributed by atoms with Gasteiger partial charge in [0.15, 0.2) is 0 Å². The molecule has 5 heteroatoms. The van der Waals surface area contributed by atoms with Gasteiger partial charge in [-0.15, -0.1) is 0 Å². The fourth-order valence-electron chi connectivity index (χ4n) is 1.74. The molecule has 104 valence electrons. The van der Waals surface area contributed by atoms with Crippen molar-refractivity contribution in [1.82, 2.24) is 5.32 Å². The van der Waals surface area contributed by atoms with E-state index in [-0.39, 0.29) is 18.2 Å². The molecule has 0 aliphatic carbocycles. The van der Waals surface area contributed by atoms with Crippen molar-refractivity contribution in [2.75, 3.05) is 6.54 Å². The van der Waals surface area contributed by atoms with Crippen molar-refractivity contribution >= 4 is 28.5 Å². The summed E-state index contributed by atoms with van der Waals surface area (Å²) in [6.07, 6.45) is -0.752. The monoisotopic (exact) mass is 383 g/mol. The van der Waals surface area contributed by atoms with Crippen LogP contribution in [0.5, 0.6) is 5.75 Å². The number of nitrogens with one attached hydrogen (secondary N) is 1. The molecule has 0 radical (unpaired) electrons. The number of carbonyl (C=O) groups is 1. The van der Waals surface area contributed by atoms with Gasteiger partial charge >= 0.3 is 0 Å². The molecule has 4 nitrogen and oxygen atoms in total. The van der Waals surface area contributed by atoms with Crippen LogP contribution in [-0.4, -0.2) is 22.7 Å². The lowest BCUT2D eigenvalue weighted by molar-refractivity contribution is 0.0916. The van der Waals surface area contributed by atoms with Crippen LogP contribution in [0.15, 0.2) is 48.5 Å². The molecule has 0 saturated carbocycles. The number of benzene rings is 2. The average Bonchev–Trinajstić information content (AvgIpc) is 2.48. The van der Waals surface area contributed by atoms with E-state index in [1.165, 1.54) is 6.07 Å². The van der Waals surface area contributed by atoms with Gasteiger partial charge < -0.3 is 15.5 Å². The highest BCUT2D eigenvalue weighted by Crippen LogP contribution is 2.20. The molecule has 0 saturated heterocycles. The number of hydrogen-bond acceptors (Lipinski definition) is 3. The second-order valence-corrected chi connectivity index (χ2v) is 5.46. The molecule has 1 unspecified atom stereocenters. The van der Waals surface area contributed by atoms with Gasteiger partial charge in [-0.2, -0.15) is 0 Å². The Morgan fingerprint density at radius 3 is 2.55 bits per heavy atom. The summed E-state index contributed by atoms with van der Waals surface area (Å²) in [6, 6.07) is 13.8. The summed E-state index contributed by atoms with van der Waals surface area (Å²) in [5.74, 6) is -0.256. The Hall–Kier alpha value is -1.60. The predicted octanol–water partition coefficient (Wildman–Crippen LogP) is 2.46. The van der Waals surface area contributed by atoms with E-state index in [0.29, 0.717) is 9.13 Å². The Balaban J connectivity index is 1.97. The quantitative estimate of drug-likeness (QED) is 0.711. The summed E-state index contributed by atoms with van der Waals surface area (Å²) in [6.45, 7) is 0.121. The van der Waals surface area contributed by atoms with Crippen LogP contribution in [0.2, 0.25) is 0 Å². The van der Waals surface area contributed by atoms with E-state index in [1.807, 2.05) is 40.8 Å². The van der Waals surface area contributed by atoms with Gasteiger partial charge in [0, 0.05) is 12.1 Å². The highest BCUT2D eigenvalue weighted by Gasteiger charge is 2.11. The minimum absolute atomic E-state index is 0.0712. The fourth-order valence-corrected chi connectivity index (χ4v) is 2.07. The topological polar surface area (TPSA) is 69.6 Å². The molecule has 0 aromatic heterocycles. The number of hydrogen-bond donors (Lipinski definition) is 3. The molecule has 2 aromatic carbocycles. The molecule has 1 atom stereocenters. The van der Waals surface area contributed by atoms with Gasteiger partial charge in [-0.3, -0.25) is 4.79 Å². The van der Waals surface area contributed by atoms with E-state index < -0.39 is 6.10 Å². The van der Waals surface area contributed by atoms with Gasteiger partial charge in [-0.25, -0.2) is 0 Å². The van der Waals surface area contributed by atoms with Gasteiger partial charge in [0.2, 0.25) is 0 Å². The van der Waals surface area contributed by atoms with E-state index in [9.17, 15) is 15.0 Å². The second-order valence-electron chi connectivity index (χ2n) is 4.30. The second kappa shape index (κ2) is 6.71. The number of aliphatic hydroxyl groups is 1. The summed E-state index contributed by atoms with van der Waals surface area (Å²) < 4.78 is 0.684. The largest absolute Gasteiger partial charge is 0.507 e. The summed E-state index contributed by atoms with van der Waals surface area (Å²) in [7, 11) is 0. The van der Waals surface area contributed by atoms with Crippen molar-refractivity contribution in [1.29, 1.82) is 0 Å². The van der Waals surface area contributed by atoms with Gasteiger partial charge in [0.25, 0.3) is 5.91 Å². The number of rotatable bonds is 4. The van der Waals surface area contributed by atoms with Gasteiger partial charge in [0.05, 0.1) is 9.67 Å². The number of halogens is 1. The van der Waals surface area contributed by atoms with E-state index in [1.54, 1.807) is 24.3 Å². The maximum atomic E-state index is 11.9.